The maximum atomic E-state index is 14.3. The zero-order chi connectivity index (χ0) is 21.3. The van der Waals surface area contributed by atoms with Crippen LogP contribution in [-0.2, 0) is 11.3 Å². The largest absolute Gasteiger partial charge is 0.490 e. The summed E-state index contributed by atoms with van der Waals surface area (Å²) in [7, 11) is 0. The average molecular weight is 417 g/mol. The molecule has 2 atom stereocenters. The highest BCUT2D eigenvalue weighted by Crippen LogP contribution is 2.30. The number of halogens is 2. The average Bonchev–Trinajstić information content (AvgIpc) is 2.77. The number of rotatable bonds is 9. The Hall–Kier alpha value is -2.40. The molecule has 5 heteroatoms. The lowest BCUT2D eigenvalue weighted by molar-refractivity contribution is 0.0326. The minimum Gasteiger partial charge on any atom is -0.490 e. The molecule has 0 bridgehead atoms. The van der Waals surface area contributed by atoms with Crippen molar-refractivity contribution in [3.63, 3.8) is 0 Å². The van der Waals surface area contributed by atoms with Gasteiger partial charge in [0.25, 0.3) is 0 Å². The van der Waals surface area contributed by atoms with Crippen molar-refractivity contribution in [1.82, 2.24) is 0 Å². The summed E-state index contributed by atoms with van der Waals surface area (Å²) in [4.78, 5) is 0. The van der Waals surface area contributed by atoms with Crippen molar-refractivity contribution in [3.8, 4) is 11.5 Å². The van der Waals surface area contributed by atoms with Gasteiger partial charge in [0.1, 0.15) is 6.61 Å². The second kappa shape index (κ2) is 11.1. The van der Waals surface area contributed by atoms with E-state index in [1.807, 2.05) is 32.1 Å². The highest BCUT2D eigenvalue weighted by molar-refractivity contribution is 5.35. The molecule has 162 valence electrons. The van der Waals surface area contributed by atoms with Crippen molar-refractivity contribution in [2.45, 2.75) is 58.2 Å². The van der Waals surface area contributed by atoms with Gasteiger partial charge in [-0.25, -0.2) is 0 Å². The van der Waals surface area contributed by atoms with Crippen LogP contribution in [0.3, 0.4) is 0 Å². The van der Waals surface area contributed by atoms with E-state index in [0.29, 0.717) is 19.1 Å². The zero-order valence-corrected chi connectivity index (χ0v) is 17.7. The van der Waals surface area contributed by atoms with Crippen LogP contribution in [0.2, 0.25) is 0 Å². The SMILES string of the molecule is CC=CC1CCC(c2ccc(COc3ccc(OCCCC)c(F)c3F)cc2)CO1. The molecule has 30 heavy (non-hydrogen) atoms. The van der Waals surface area contributed by atoms with Crippen LogP contribution >= 0.6 is 0 Å². The van der Waals surface area contributed by atoms with E-state index >= 15 is 0 Å². The topological polar surface area (TPSA) is 27.7 Å². The van der Waals surface area contributed by atoms with Crippen LogP contribution in [-0.4, -0.2) is 19.3 Å². The second-order valence-electron chi connectivity index (χ2n) is 7.59. The van der Waals surface area contributed by atoms with Crippen LogP contribution < -0.4 is 9.47 Å². The van der Waals surface area contributed by atoms with Crippen LogP contribution in [0.4, 0.5) is 8.78 Å². The first-order chi connectivity index (χ1) is 14.6. The molecule has 2 unspecified atom stereocenters. The summed E-state index contributed by atoms with van der Waals surface area (Å²) in [6.07, 6.45) is 8.17. The molecule has 0 aromatic heterocycles. The van der Waals surface area contributed by atoms with Gasteiger partial charge >= 0.3 is 0 Å². The predicted molar refractivity (Wildman–Crippen MR) is 114 cm³/mol. The lowest BCUT2D eigenvalue weighted by Gasteiger charge is -2.27. The zero-order valence-electron chi connectivity index (χ0n) is 17.7. The summed E-state index contributed by atoms with van der Waals surface area (Å²) < 4.78 is 45.1. The Bertz CT molecular complexity index is 825. The van der Waals surface area contributed by atoms with E-state index in [9.17, 15) is 8.78 Å². The summed E-state index contributed by atoms with van der Waals surface area (Å²) in [5.41, 5.74) is 2.12. The summed E-state index contributed by atoms with van der Waals surface area (Å²) >= 11 is 0. The monoisotopic (exact) mass is 416 g/mol. The lowest BCUT2D eigenvalue weighted by Crippen LogP contribution is -2.23. The number of benzene rings is 2. The predicted octanol–water partition coefficient (Wildman–Crippen LogP) is 6.56. The van der Waals surface area contributed by atoms with Gasteiger partial charge in [0.15, 0.2) is 11.5 Å². The quantitative estimate of drug-likeness (QED) is 0.342. The standard InChI is InChI=1S/C25H30F2O3/c1-3-5-15-28-22-13-14-23(25(27)24(22)26)30-16-18-7-9-19(10-8-18)20-11-12-21(6-4-2)29-17-20/h4,6-10,13-14,20-21H,3,5,11-12,15-17H2,1-2H3. The number of ether oxygens (including phenoxy) is 3. The van der Waals surface area contributed by atoms with Crippen molar-refractivity contribution in [2.24, 2.45) is 0 Å². The van der Waals surface area contributed by atoms with E-state index in [2.05, 4.69) is 18.2 Å². The van der Waals surface area contributed by atoms with Crippen LogP contribution in [0.5, 0.6) is 11.5 Å². The van der Waals surface area contributed by atoms with Crippen molar-refractivity contribution in [1.29, 1.82) is 0 Å². The molecule has 3 nitrogen and oxygen atoms in total. The Morgan fingerprint density at radius 3 is 2.30 bits per heavy atom. The maximum absolute atomic E-state index is 14.3. The fourth-order valence-electron chi connectivity index (χ4n) is 3.51. The van der Waals surface area contributed by atoms with Crippen LogP contribution in [0.25, 0.3) is 0 Å². The molecule has 0 spiro atoms. The molecular weight excluding hydrogens is 386 g/mol. The lowest BCUT2D eigenvalue weighted by atomic mass is 9.91. The van der Waals surface area contributed by atoms with Crippen LogP contribution in [0, 0.1) is 11.6 Å². The summed E-state index contributed by atoms with van der Waals surface area (Å²) in [5, 5.41) is 0. The molecule has 0 N–H and O–H groups in total. The normalized spacial score (nSPS) is 19.2. The molecule has 1 aliphatic heterocycles. The highest BCUT2D eigenvalue weighted by Gasteiger charge is 2.21. The van der Waals surface area contributed by atoms with Crippen molar-refractivity contribution in [3.05, 3.63) is 71.3 Å². The van der Waals surface area contributed by atoms with E-state index < -0.39 is 11.6 Å². The molecule has 1 fully saturated rings. The van der Waals surface area contributed by atoms with Crippen molar-refractivity contribution < 1.29 is 23.0 Å². The molecule has 3 rings (SSSR count). The van der Waals surface area contributed by atoms with E-state index in [4.69, 9.17) is 14.2 Å². The van der Waals surface area contributed by atoms with E-state index in [1.165, 1.54) is 17.7 Å². The highest BCUT2D eigenvalue weighted by atomic mass is 19.2. The van der Waals surface area contributed by atoms with Gasteiger partial charge in [0, 0.05) is 5.92 Å². The van der Waals surface area contributed by atoms with Gasteiger partial charge in [-0.15, -0.1) is 0 Å². The van der Waals surface area contributed by atoms with Gasteiger partial charge in [-0.2, -0.15) is 8.78 Å². The van der Waals surface area contributed by atoms with Crippen LogP contribution in [0.1, 0.15) is 56.6 Å². The van der Waals surface area contributed by atoms with E-state index in [0.717, 1.165) is 31.2 Å². The first kappa shape index (κ1) is 22.3. The summed E-state index contributed by atoms with van der Waals surface area (Å²) in [5.74, 6) is -1.84. The Labute approximate surface area is 177 Å². The van der Waals surface area contributed by atoms with Gasteiger partial charge in [-0.3, -0.25) is 0 Å². The van der Waals surface area contributed by atoms with Gasteiger partial charge in [0.2, 0.25) is 11.6 Å². The van der Waals surface area contributed by atoms with Gasteiger partial charge in [-0.1, -0.05) is 49.8 Å². The van der Waals surface area contributed by atoms with E-state index in [1.54, 1.807) is 0 Å². The third-order valence-electron chi connectivity index (χ3n) is 5.33. The first-order valence-corrected chi connectivity index (χ1v) is 10.7. The number of hydrogen-bond acceptors (Lipinski definition) is 3. The van der Waals surface area contributed by atoms with Gasteiger partial charge < -0.3 is 14.2 Å². The molecule has 0 saturated carbocycles. The van der Waals surface area contributed by atoms with Crippen molar-refractivity contribution >= 4 is 0 Å². The molecule has 0 amide bonds. The second-order valence-corrected chi connectivity index (χ2v) is 7.59. The van der Waals surface area contributed by atoms with Crippen molar-refractivity contribution in [2.75, 3.05) is 13.2 Å². The Morgan fingerprint density at radius 1 is 1.00 bits per heavy atom. The molecule has 0 radical (unpaired) electrons. The maximum Gasteiger partial charge on any atom is 0.204 e. The molecular formula is C25H30F2O3. The first-order valence-electron chi connectivity index (χ1n) is 10.7. The Balaban J connectivity index is 1.54. The van der Waals surface area contributed by atoms with Gasteiger partial charge in [0.05, 0.1) is 19.3 Å². The minimum absolute atomic E-state index is 0.0796. The molecule has 0 aliphatic carbocycles. The van der Waals surface area contributed by atoms with Crippen LogP contribution in [0.15, 0.2) is 48.6 Å². The molecule has 2 aromatic carbocycles. The fourth-order valence-corrected chi connectivity index (χ4v) is 3.51. The smallest absolute Gasteiger partial charge is 0.204 e. The third kappa shape index (κ3) is 5.82. The number of hydrogen-bond donors (Lipinski definition) is 0. The number of allylic oxidation sites excluding steroid dienone is 1. The summed E-state index contributed by atoms with van der Waals surface area (Å²) in [6.45, 7) is 5.25. The molecule has 2 aromatic rings. The fraction of sp³-hybridized carbons (Fsp3) is 0.440. The molecule has 1 heterocycles. The molecule has 1 aliphatic rings. The Kier molecular flexibility index (Phi) is 8.26. The Morgan fingerprint density at radius 2 is 1.70 bits per heavy atom. The summed E-state index contributed by atoms with van der Waals surface area (Å²) in [6, 6.07) is 10.9. The molecule has 1 saturated heterocycles. The minimum atomic E-state index is -1.02. The number of unbranched alkanes of at least 4 members (excludes halogenated alkanes) is 1. The van der Waals surface area contributed by atoms with E-state index in [-0.39, 0.29) is 24.2 Å². The van der Waals surface area contributed by atoms with Gasteiger partial charge in [-0.05, 0) is 49.4 Å². The third-order valence-corrected chi connectivity index (χ3v) is 5.33.